The van der Waals surface area contributed by atoms with Crippen molar-refractivity contribution in [3.63, 3.8) is 0 Å². The molecule has 1 aliphatic carbocycles. The summed E-state index contributed by atoms with van der Waals surface area (Å²) in [6, 6.07) is 0.449. The molecule has 0 amide bonds. The maximum atomic E-state index is 9.22. The highest BCUT2D eigenvalue weighted by molar-refractivity contribution is 5.10. The van der Waals surface area contributed by atoms with Crippen LogP contribution in [0.5, 0.6) is 0 Å². The van der Waals surface area contributed by atoms with Crippen LogP contribution < -0.4 is 0 Å². The van der Waals surface area contributed by atoms with Gasteiger partial charge in [-0.05, 0) is 57.5 Å². The Morgan fingerprint density at radius 1 is 1.25 bits per heavy atom. The van der Waals surface area contributed by atoms with Crippen molar-refractivity contribution in [3.05, 3.63) is 18.0 Å². The van der Waals surface area contributed by atoms with E-state index in [0.717, 1.165) is 38.4 Å². The first-order chi connectivity index (χ1) is 9.76. The predicted molar refractivity (Wildman–Crippen MR) is 79.4 cm³/mol. The van der Waals surface area contributed by atoms with Crippen LogP contribution in [0, 0.1) is 11.8 Å². The first-order valence-electron chi connectivity index (χ1n) is 8.13. The van der Waals surface area contributed by atoms with Gasteiger partial charge in [-0.1, -0.05) is 6.42 Å². The Morgan fingerprint density at radius 3 is 2.60 bits per heavy atom. The van der Waals surface area contributed by atoms with Gasteiger partial charge in [-0.2, -0.15) is 5.10 Å². The number of rotatable bonds is 5. The molecule has 2 fully saturated rings. The zero-order chi connectivity index (χ0) is 13.9. The van der Waals surface area contributed by atoms with Crippen LogP contribution in [-0.4, -0.2) is 39.5 Å². The standard InChI is InChI=1S/C16H27N3O/c1-13(18-7-5-15(12-20)6-8-18)16-9-17-19(11-16)10-14-3-2-4-14/h9,11,13-15,20H,2-8,10,12H2,1H3. The highest BCUT2D eigenvalue weighted by Crippen LogP contribution is 2.29. The quantitative estimate of drug-likeness (QED) is 0.899. The van der Waals surface area contributed by atoms with Gasteiger partial charge in [-0.3, -0.25) is 9.58 Å². The van der Waals surface area contributed by atoms with Crippen LogP contribution in [0.2, 0.25) is 0 Å². The second-order valence-electron chi connectivity index (χ2n) is 6.63. The van der Waals surface area contributed by atoms with Crippen LogP contribution in [0.1, 0.15) is 50.6 Å². The summed E-state index contributed by atoms with van der Waals surface area (Å²) >= 11 is 0. The molecule has 112 valence electrons. The molecule has 1 aromatic rings. The minimum Gasteiger partial charge on any atom is -0.396 e. The maximum absolute atomic E-state index is 9.22. The molecule has 2 heterocycles. The largest absolute Gasteiger partial charge is 0.396 e. The predicted octanol–water partition coefficient (Wildman–Crippen LogP) is 2.45. The summed E-state index contributed by atoms with van der Waals surface area (Å²) in [6.45, 7) is 5.92. The number of aliphatic hydroxyl groups is 1. The second-order valence-corrected chi connectivity index (χ2v) is 6.63. The van der Waals surface area contributed by atoms with Crippen molar-refractivity contribution in [1.29, 1.82) is 0 Å². The van der Waals surface area contributed by atoms with Crippen molar-refractivity contribution in [1.82, 2.24) is 14.7 Å². The summed E-state index contributed by atoms with van der Waals surface area (Å²) in [4.78, 5) is 2.52. The van der Waals surface area contributed by atoms with Crippen molar-refractivity contribution >= 4 is 0 Å². The SMILES string of the molecule is CC(c1cnn(CC2CCC2)c1)N1CCC(CO)CC1. The van der Waals surface area contributed by atoms with Crippen LogP contribution in [-0.2, 0) is 6.54 Å². The van der Waals surface area contributed by atoms with E-state index in [-0.39, 0.29) is 0 Å². The van der Waals surface area contributed by atoms with Gasteiger partial charge < -0.3 is 5.11 Å². The molecule has 0 bridgehead atoms. The van der Waals surface area contributed by atoms with Crippen LogP contribution in [0.25, 0.3) is 0 Å². The minimum absolute atomic E-state index is 0.349. The number of nitrogens with zero attached hydrogens (tertiary/aromatic N) is 3. The lowest BCUT2D eigenvalue weighted by atomic mass is 9.85. The molecular formula is C16H27N3O. The van der Waals surface area contributed by atoms with Gasteiger partial charge in [0.15, 0.2) is 0 Å². The third-order valence-corrected chi connectivity index (χ3v) is 5.26. The molecule has 1 saturated carbocycles. The third-order valence-electron chi connectivity index (χ3n) is 5.26. The fraction of sp³-hybridized carbons (Fsp3) is 0.812. The first kappa shape index (κ1) is 14.1. The summed E-state index contributed by atoms with van der Waals surface area (Å²) in [6.07, 6.45) is 10.7. The van der Waals surface area contributed by atoms with Crippen molar-refractivity contribution in [2.45, 2.75) is 51.6 Å². The van der Waals surface area contributed by atoms with Crippen LogP contribution >= 0.6 is 0 Å². The van der Waals surface area contributed by atoms with E-state index in [1.165, 1.54) is 24.8 Å². The van der Waals surface area contributed by atoms with Gasteiger partial charge in [-0.25, -0.2) is 0 Å². The second kappa shape index (κ2) is 6.27. The summed E-state index contributed by atoms with van der Waals surface area (Å²) in [5.74, 6) is 1.37. The number of hydrogen-bond acceptors (Lipinski definition) is 3. The summed E-state index contributed by atoms with van der Waals surface area (Å²) in [7, 11) is 0. The van der Waals surface area contributed by atoms with E-state index in [0.29, 0.717) is 18.6 Å². The van der Waals surface area contributed by atoms with E-state index in [2.05, 4.69) is 27.8 Å². The zero-order valence-electron chi connectivity index (χ0n) is 12.5. The molecule has 1 aromatic heterocycles. The Hall–Kier alpha value is -0.870. The van der Waals surface area contributed by atoms with Gasteiger partial charge in [0.1, 0.15) is 0 Å². The van der Waals surface area contributed by atoms with Gasteiger partial charge >= 0.3 is 0 Å². The van der Waals surface area contributed by atoms with Gasteiger partial charge in [0, 0.05) is 31.0 Å². The zero-order valence-corrected chi connectivity index (χ0v) is 12.5. The molecule has 0 radical (unpaired) electrons. The molecule has 1 saturated heterocycles. The van der Waals surface area contributed by atoms with Gasteiger partial charge in [-0.15, -0.1) is 0 Å². The van der Waals surface area contributed by atoms with E-state index in [1.54, 1.807) is 0 Å². The van der Waals surface area contributed by atoms with Crippen molar-refractivity contribution < 1.29 is 5.11 Å². The molecule has 4 heteroatoms. The Kier molecular flexibility index (Phi) is 4.41. The summed E-state index contributed by atoms with van der Waals surface area (Å²) in [5.41, 5.74) is 1.34. The summed E-state index contributed by atoms with van der Waals surface area (Å²) < 4.78 is 2.14. The minimum atomic E-state index is 0.349. The van der Waals surface area contributed by atoms with Crippen molar-refractivity contribution in [2.75, 3.05) is 19.7 Å². The molecule has 0 spiro atoms. The Bertz CT molecular complexity index is 419. The Labute approximate surface area is 121 Å². The van der Waals surface area contributed by atoms with E-state index < -0.39 is 0 Å². The van der Waals surface area contributed by atoms with E-state index in [4.69, 9.17) is 0 Å². The highest BCUT2D eigenvalue weighted by Gasteiger charge is 2.24. The number of hydrogen-bond donors (Lipinski definition) is 1. The molecule has 1 unspecified atom stereocenters. The molecule has 3 rings (SSSR count). The Morgan fingerprint density at radius 2 is 2.00 bits per heavy atom. The molecule has 20 heavy (non-hydrogen) atoms. The lowest BCUT2D eigenvalue weighted by Crippen LogP contribution is -2.36. The molecule has 2 aliphatic rings. The van der Waals surface area contributed by atoms with Crippen LogP contribution in [0.4, 0.5) is 0 Å². The maximum Gasteiger partial charge on any atom is 0.0537 e. The monoisotopic (exact) mass is 277 g/mol. The fourth-order valence-corrected chi connectivity index (χ4v) is 3.37. The topological polar surface area (TPSA) is 41.3 Å². The Balaban J connectivity index is 1.55. The molecule has 1 aliphatic heterocycles. The fourth-order valence-electron chi connectivity index (χ4n) is 3.37. The number of likely N-dealkylation sites (tertiary alicyclic amines) is 1. The number of aromatic nitrogens is 2. The molecular weight excluding hydrogens is 250 g/mol. The lowest BCUT2D eigenvalue weighted by Gasteiger charge is -2.35. The van der Waals surface area contributed by atoms with Gasteiger partial charge in [0.2, 0.25) is 0 Å². The smallest absolute Gasteiger partial charge is 0.0537 e. The average Bonchev–Trinajstić information content (AvgIpc) is 2.91. The van der Waals surface area contributed by atoms with Gasteiger partial charge in [0.05, 0.1) is 6.20 Å². The van der Waals surface area contributed by atoms with Gasteiger partial charge in [0.25, 0.3) is 0 Å². The van der Waals surface area contributed by atoms with Crippen LogP contribution in [0.15, 0.2) is 12.4 Å². The van der Waals surface area contributed by atoms with Crippen molar-refractivity contribution in [2.24, 2.45) is 11.8 Å². The summed E-state index contributed by atoms with van der Waals surface area (Å²) in [5, 5.41) is 13.8. The normalized spacial score (nSPS) is 23.7. The first-order valence-corrected chi connectivity index (χ1v) is 8.13. The number of aliphatic hydroxyl groups excluding tert-OH is 1. The van der Waals surface area contributed by atoms with E-state index in [1.807, 2.05) is 6.20 Å². The van der Waals surface area contributed by atoms with E-state index in [9.17, 15) is 5.11 Å². The van der Waals surface area contributed by atoms with E-state index >= 15 is 0 Å². The van der Waals surface area contributed by atoms with Crippen LogP contribution in [0.3, 0.4) is 0 Å². The highest BCUT2D eigenvalue weighted by atomic mass is 16.3. The molecule has 1 N–H and O–H groups in total. The molecule has 4 nitrogen and oxygen atoms in total. The number of piperidine rings is 1. The lowest BCUT2D eigenvalue weighted by molar-refractivity contribution is 0.106. The molecule has 1 atom stereocenters. The average molecular weight is 277 g/mol. The molecule has 0 aromatic carbocycles. The third kappa shape index (κ3) is 3.07. The van der Waals surface area contributed by atoms with Crippen molar-refractivity contribution in [3.8, 4) is 0 Å².